The summed E-state index contributed by atoms with van der Waals surface area (Å²) in [6.45, 7) is 4.97. The Labute approximate surface area is 81.3 Å². The topological polar surface area (TPSA) is 43.1 Å². The Morgan fingerprint density at radius 1 is 1.50 bits per heavy atom. The van der Waals surface area contributed by atoms with E-state index in [0.717, 1.165) is 0 Å². The molecular weight excluding hydrogens is 197 g/mol. The zero-order valence-corrected chi connectivity index (χ0v) is 8.12. The number of amides is 1. The van der Waals surface area contributed by atoms with Gasteiger partial charge in [0.2, 0.25) is 0 Å². The lowest BCUT2D eigenvalue weighted by Gasteiger charge is -2.01. The molecule has 0 aliphatic carbocycles. The molecule has 2 nitrogen and oxygen atoms in total. The predicted molar refractivity (Wildman–Crippen MR) is 51.9 cm³/mol. The third-order valence-corrected chi connectivity index (χ3v) is 1.60. The van der Waals surface area contributed by atoms with Crippen molar-refractivity contribution >= 4 is 29.1 Å². The van der Waals surface area contributed by atoms with Gasteiger partial charge in [0.15, 0.2) is 0 Å². The molecule has 0 aromatic rings. The maximum Gasteiger partial charge on any atom is 0.251 e. The first-order chi connectivity index (χ1) is 5.50. The highest BCUT2D eigenvalue weighted by Gasteiger charge is 2.11. The van der Waals surface area contributed by atoms with Crippen LogP contribution in [0.5, 0.6) is 0 Å². The molecule has 0 saturated carbocycles. The number of hydrogen-bond donors (Lipinski definition) is 1. The third-order valence-electron chi connectivity index (χ3n) is 1.09. The van der Waals surface area contributed by atoms with Crippen molar-refractivity contribution in [3.8, 4) is 0 Å². The Bertz CT molecular complexity index is 262. The summed E-state index contributed by atoms with van der Waals surface area (Å²) >= 11 is 11.3. The van der Waals surface area contributed by atoms with Gasteiger partial charge in [-0.3, -0.25) is 4.79 Å². The van der Waals surface area contributed by atoms with Crippen LogP contribution in [0.1, 0.15) is 6.92 Å². The maximum absolute atomic E-state index is 10.8. The van der Waals surface area contributed by atoms with Crippen LogP contribution in [0.3, 0.4) is 0 Å². The van der Waals surface area contributed by atoms with E-state index >= 15 is 0 Å². The summed E-state index contributed by atoms with van der Waals surface area (Å²) < 4.78 is 0. The molecule has 0 aliphatic rings. The molecule has 0 unspecified atom stereocenters. The van der Waals surface area contributed by atoms with Gasteiger partial charge in [0.05, 0.1) is 10.6 Å². The fourth-order valence-corrected chi connectivity index (χ4v) is 1.21. The van der Waals surface area contributed by atoms with Gasteiger partial charge < -0.3 is 5.73 Å². The van der Waals surface area contributed by atoms with Crippen LogP contribution in [0.2, 0.25) is 0 Å². The number of carbonyl (C=O) groups is 1. The van der Waals surface area contributed by atoms with Gasteiger partial charge >= 0.3 is 0 Å². The van der Waals surface area contributed by atoms with E-state index < -0.39 is 5.91 Å². The number of allylic oxidation sites excluding steroid dienone is 3. The molecule has 12 heavy (non-hydrogen) atoms. The van der Waals surface area contributed by atoms with Gasteiger partial charge in [0.25, 0.3) is 5.91 Å². The van der Waals surface area contributed by atoms with Gasteiger partial charge in [-0.25, -0.2) is 0 Å². The number of carbonyl (C=O) groups excluding carboxylic acids is 1. The van der Waals surface area contributed by atoms with Crippen LogP contribution in [-0.2, 0) is 4.79 Å². The summed E-state index contributed by atoms with van der Waals surface area (Å²) in [7, 11) is 0. The second-order valence-electron chi connectivity index (χ2n) is 2.02. The Balaban J connectivity index is 5.04. The van der Waals surface area contributed by atoms with E-state index in [2.05, 4.69) is 6.58 Å². The SMILES string of the molecule is C=C/C=C(Cl)\C(C(N)=O)=C(/C)Cl. The molecule has 0 heterocycles. The van der Waals surface area contributed by atoms with Crippen molar-refractivity contribution in [3.05, 3.63) is 34.4 Å². The van der Waals surface area contributed by atoms with Crippen molar-refractivity contribution in [1.82, 2.24) is 0 Å². The molecule has 66 valence electrons. The molecule has 0 bridgehead atoms. The molecule has 0 aliphatic heterocycles. The zero-order valence-electron chi connectivity index (χ0n) is 6.60. The fraction of sp³-hybridized carbons (Fsp3) is 0.125. The smallest absolute Gasteiger partial charge is 0.251 e. The van der Waals surface area contributed by atoms with E-state index in [1.165, 1.54) is 12.2 Å². The lowest BCUT2D eigenvalue weighted by molar-refractivity contribution is -0.114. The van der Waals surface area contributed by atoms with Crippen molar-refractivity contribution in [2.24, 2.45) is 5.73 Å². The molecule has 0 rings (SSSR count). The summed E-state index contributed by atoms with van der Waals surface area (Å²) in [5.74, 6) is -0.648. The van der Waals surface area contributed by atoms with E-state index in [1.54, 1.807) is 6.92 Å². The monoisotopic (exact) mass is 205 g/mol. The Morgan fingerprint density at radius 2 is 2.00 bits per heavy atom. The minimum Gasteiger partial charge on any atom is -0.366 e. The summed E-state index contributed by atoms with van der Waals surface area (Å²) in [4.78, 5) is 10.8. The van der Waals surface area contributed by atoms with E-state index in [4.69, 9.17) is 28.9 Å². The average molecular weight is 206 g/mol. The number of hydrogen-bond acceptors (Lipinski definition) is 1. The van der Waals surface area contributed by atoms with Crippen LogP contribution >= 0.6 is 23.2 Å². The van der Waals surface area contributed by atoms with Crippen LogP contribution in [0.25, 0.3) is 0 Å². The second-order valence-corrected chi connectivity index (χ2v) is 3.00. The van der Waals surface area contributed by atoms with Gasteiger partial charge in [-0.2, -0.15) is 0 Å². The van der Waals surface area contributed by atoms with Crippen LogP contribution < -0.4 is 5.73 Å². The number of primary amides is 1. The Morgan fingerprint density at radius 3 is 2.25 bits per heavy atom. The largest absolute Gasteiger partial charge is 0.366 e. The van der Waals surface area contributed by atoms with Gasteiger partial charge in [-0.1, -0.05) is 35.9 Å². The zero-order chi connectivity index (χ0) is 9.72. The van der Waals surface area contributed by atoms with E-state index in [0.29, 0.717) is 0 Å². The molecule has 0 spiro atoms. The van der Waals surface area contributed by atoms with E-state index in [1.807, 2.05) is 0 Å². The highest BCUT2D eigenvalue weighted by Crippen LogP contribution is 2.20. The first kappa shape index (κ1) is 11.3. The minimum absolute atomic E-state index is 0.123. The molecular formula is C8H9Cl2NO. The number of nitrogens with two attached hydrogens (primary N) is 1. The Hall–Kier alpha value is -0.730. The lowest BCUT2D eigenvalue weighted by atomic mass is 10.2. The van der Waals surface area contributed by atoms with E-state index in [-0.39, 0.29) is 15.6 Å². The minimum atomic E-state index is -0.648. The maximum atomic E-state index is 10.8. The lowest BCUT2D eigenvalue weighted by Crippen LogP contribution is -2.14. The van der Waals surface area contributed by atoms with Crippen molar-refractivity contribution < 1.29 is 4.79 Å². The molecule has 0 aromatic carbocycles. The van der Waals surface area contributed by atoms with Gasteiger partial charge in [-0.05, 0) is 13.0 Å². The molecule has 0 fully saturated rings. The molecule has 0 radical (unpaired) electrons. The summed E-state index contributed by atoms with van der Waals surface area (Å²) in [5, 5.41) is 0.468. The quantitative estimate of drug-likeness (QED) is 0.558. The van der Waals surface area contributed by atoms with Crippen LogP contribution in [0.4, 0.5) is 0 Å². The first-order valence-electron chi connectivity index (χ1n) is 3.15. The summed E-state index contributed by atoms with van der Waals surface area (Å²) in [5.41, 5.74) is 5.15. The van der Waals surface area contributed by atoms with Crippen molar-refractivity contribution in [2.45, 2.75) is 6.92 Å². The molecule has 0 saturated heterocycles. The highest BCUT2D eigenvalue weighted by atomic mass is 35.5. The van der Waals surface area contributed by atoms with Crippen molar-refractivity contribution in [2.75, 3.05) is 0 Å². The molecule has 2 N–H and O–H groups in total. The van der Waals surface area contributed by atoms with Gasteiger partial charge in [0, 0.05) is 5.03 Å². The van der Waals surface area contributed by atoms with Crippen LogP contribution in [0.15, 0.2) is 34.4 Å². The molecule has 1 amide bonds. The fourth-order valence-electron chi connectivity index (χ4n) is 0.639. The summed E-state index contributed by atoms with van der Waals surface area (Å²) in [6.07, 6.45) is 2.90. The van der Waals surface area contributed by atoms with Crippen LogP contribution in [-0.4, -0.2) is 5.91 Å². The summed E-state index contributed by atoms with van der Waals surface area (Å²) in [6, 6.07) is 0. The average Bonchev–Trinajstić information content (AvgIpc) is 1.85. The van der Waals surface area contributed by atoms with Gasteiger partial charge in [-0.15, -0.1) is 0 Å². The predicted octanol–water partition coefficient (Wildman–Crippen LogP) is 2.29. The standard InChI is InChI=1S/C8H9Cl2NO/c1-3-4-6(10)7(5(2)9)8(11)12/h3-4H,1H2,2H3,(H2,11,12)/b6-4+,7-5-. The second kappa shape index (κ2) is 5.01. The van der Waals surface area contributed by atoms with E-state index in [9.17, 15) is 4.79 Å². The molecule has 4 heteroatoms. The normalized spacial score (nSPS) is 13.8. The molecule has 0 aromatic heterocycles. The first-order valence-corrected chi connectivity index (χ1v) is 3.91. The van der Waals surface area contributed by atoms with Crippen molar-refractivity contribution in [1.29, 1.82) is 0 Å². The third kappa shape index (κ3) is 3.11. The Kier molecular flexibility index (Phi) is 4.71. The number of halogens is 2. The highest BCUT2D eigenvalue weighted by molar-refractivity contribution is 6.39. The van der Waals surface area contributed by atoms with Crippen LogP contribution in [0, 0.1) is 0 Å². The molecule has 0 atom stereocenters. The number of rotatable bonds is 3. The van der Waals surface area contributed by atoms with Gasteiger partial charge in [0.1, 0.15) is 0 Å². The van der Waals surface area contributed by atoms with Crippen molar-refractivity contribution in [3.63, 3.8) is 0 Å².